The topological polar surface area (TPSA) is 71.2 Å². The van der Waals surface area contributed by atoms with E-state index in [2.05, 4.69) is 16.9 Å². The summed E-state index contributed by atoms with van der Waals surface area (Å²) in [6, 6.07) is 5.60. The molecule has 1 N–H and O–H groups in total. The molecule has 2 aromatic heterocycles. The Morgan fingerprint density at radius 1 is 1.19 bits per heavy atom. The molecule has 5 rings (SSSR count). The summed E-state index contributed by atoms with van der Waals surface area (Å²) >= 11 is 5.96. The molecule has 3 aromatic rings. The molecule has 1 aromatic carbocycles. The number of halogens is 1. The highest BCUT2D eigenvalue weighted by Crippen LogP contribution is 2.36. The summed E-state index contributed by atoms with van der Waals surface area (Å²) in [5.41, 5.74) is 5.23. The van der Waals surface area contributed by atoms with Crippen LogP contribution in [0.25, 0.3) is 10.9 Å². The first kappa shape index (κ1) is 20.5. The Balaban J connectivity index is 1.68. The molecule has 1 aliphatic heterocycles. The predicted molar refractivity (Wildman–Crippen MR) is 123 cm³/mol. The van der Waals surface area contributed by atoms with Crippen LogP contribution in [0.1, 0.15) is 54.8 Å². The van der Waals surface area contributed by atoms with Crippen molar-refractivity contribution in [2.45, 2.75) is 57.1 Å². The van der Waals surface area contributed by atoms with E-state index in [-0.39, 0.29) is 11.6 Å². The molecule has 0 spiro atoms. The highest BCUT2D eigenvalue weighted by atomic mass is 35.5. The number of hydrogen-bond donors (Lipinski definition) is 1. The number of benzene rings is 1. The average Bonchev–Trinajstić information content (AvgIpc) is 2.77. The fourth-order valence-corrected chi connectivity index (χ4v) is 5.31. The molecule has 1 fully saturated rings. The maximum atomic E-state index is 13.6. The number of aliphatic hydroxyl groups excluding tert-OH is 1. The monoisotopic (exact) mass is 438 g/mol. The minimum absolute atomic E-state index is 0.0618. The summed E-state index contributed by atoms with van der Waals surface area (Å²) in [6.07, 6.45) is 9.26. The van der Waals surface area contributed by atoms with Crippen LogP contribution in [0, 0.1) is 0 Å². The summed E-state index contributed by atoms with van der Waals surface area (Å²) in [5.74, 6) is 0. The van der Waals surface area contributed by atoms with Crippen molar-refractivity contribution in [1.82, 2.24) is 14.5 Å². The van der Waals surface area contributed by atoms with Crippen LogP contribution >= 0.6 is 11.6 Å². The molecule has 0 radical (unpaired) electrons. The van der Waals surface area contributed by atoms with Crippen molar-refractivity contribution >= 4 is 28.2 Å². The van der Waals surface area contributed by atoms with Crippen molar-refractivity contribution in [3.05, 3.63) is 62.9 Å². The van der Waals surface area contributed by atoms with E-state index < -0.39 is 6.10 Å². The highest BCUT2D eigenvalue weighted by Gasteiger charge is 2.28. The van der Waals surface area contributed by atoms with Gasteiger partial charge in [0.05, 0.1) is 29.5 Å². The zero-order chi connectivity index (χ0) is 21.5. The van der Waals surface area contributed by atoms with Gasteiger partial charge in [0.15, 0.2) is 0 Å². The van der Waals surface area contributed by atoms with Crippen molar-refractivity contribution in [1.29, 1.82) is 0 Å². The van der Waals surface area contributed by atoms with E-state index in [9.17, 15) is 9.90 Å². The van der Waals surface area contributed by atoms with Gasteiger partial charge in [-0.25, -0.2) is 9.97 Å². The summed E-state index contributed by atoms with van der Waals surface area (Å²) < 4.78 is 1.66. The Morgan fingerprint density at radius 3 is 2.81 bits per heavy atom. The molecule has 0 saturated heterocycles. The number of anilines is 1. The summed E-state index contributed by atoms with van der Waals surface area (Å²) in [6.45, 7) is 0.945. The van der Waals surface area contributed by atoms with Gasteiger partial charge in [0.1, 0.15) is 10.7 Å². The Bertz CT molecular complexity index is 1170. The van der Waals surface area contributed by atoms with Gasteiger partial charge in [-0.3, -0.25) is 9.36 Å². The Labute approximate surface area is 186 Å². The van der Waals surface area contributed by atoms with E-state index >= 15 is 0 Å². The molecule has 162 valence electrons. The van der Waals surface area contributed by atoms with Crippen LogP contribution in [0.2, 0.25) is 5.15 Å². The van der Waals surface area contributed by atoms with Crippen LogP contribution in [0.4, 0.5) is 5.69 Å². The Morgan fingerprint density at radius 2 is 2.03 bits per heavy atom. The minimum Gasteiger partial charge on any atom is -0.391 e. The van der Waals surface area contributed by atoms with Gasteiger partial charge in [-0.15, -0.1) is 0 Å². The first-order valence-electron chi connectivity index (χ1n) is 11.1. The lowest BCUT2D eigenvalue weighted by molar-refractivity contribution is 0.0735. The number of fused-ring (bicyclic) bond motifs is 3. The lowest BCUT2D eigenvalue weighted by Crippen LogP contribution is -2.35. The van der Waals surface area contributed by atoms with E-state index in [0.717, 1.165) is 67.4 Å². The maximum absolute atomic E-state index is 13.6. The average molecular weight is 439 g/mol. The molecule has 0 bridgehead atoms. The molecule has 3 heterocycles. The third-order valence-corrected chi connectivity index (χ3v) is 7.01. The second kappa shape index (κ2) is 8.24. The van der Waals surface area contributed by atoms with Crippen molar-refractivity contribution in [3.63, 3.8) is 0 Å². The number of hydrogen-bond acceptors (Lipinski definition) is 5. The Hall–Kier alpha value is -2.44. The molecule has 0 unspecified atom stereocenters. The second-order valence-electron chi connectivity index (χ2n) is 8.83. The SMILES string of the molecule is CN1CCCc2c(Cc3ccc(Cl)nc3)cc3c(=O)n([C@H]4CCCC[C@@H]4O)cnc3c21. The molecule has 1 aliphatic carbocycles. The fraction of sp³-hybridized carbons (Fsp3) is 0.458. The standard InChI is InChI=1S/C24H27ClN4O2/c1-28-10-4-5-17-16(11-15-8-9-21(25)26-13-15)12-18-22(23(17)28)27-14-29(24(18)31)19-6-2-3-7-20(19)30/h8-9,12-14,19-20,30H,2-7,10-11H2,1H3/t19-,20-/m0/s1. The van der Waals surface area contributed by atoms with Gasteiger partial charge in [-0.05, 0) is 60.9 Å². The third-order valence-electron chi connectivity index (χ3n) is 6.78. The van der Waals surface area contributed by atoms with Gasteiger partial charge < -0.3 is 10.0 Å². The highest BCUT2D eigenvalue weighted by molar-refractivity contribution is 6.29. The van der Waals surface area contributed by atoms with Crippen molar-refractivity contribution < 1.29 is 5.11 Å². The molecular formula is C24H27ClN4O2. The second-order valence-corrected chi connectivity index (χ2v) is 9.21. The normalized spacial score (nSPS) is 21.3. The van der Waals surface area contributed by atoms with Crippen LogP contribution in [-0.2, 0) is 12.8 Å². The number of rotatable bonds is 3. The zero-order valence-corrected chi connectivity index (χ0v) is 18.5. The minimum atomic E-state index is -0.495. The van der Waals surface area contributed by atoms with E-state index in [0.29, 0.717) is 17.0 Å². The quantitative estimate of drug-likeness (QED) is 0.628. The lowest BCUT2D eigenvalue weighted by atomic mass is 9.90. The van der Waals surface area contributed by atoms with Crippen molar-refractivity contribution in [3.8, 4) is 0 Å². The molecule has 31 heavy (non-hydrogen) atoms. The number of aliphatic hydroxyl groups is 1. The third kappa shape index (κ3) is 3.72. The summed E-state index contributed by atoms with van der Waals surface area (Å²) in [5, 5.41) is 11.6. The van der Waals surface area contributed by atoms with Crippen LogP contribution in [0.15, 0.2) is 35.5 Å². The summed E-state index contributed by atoms with van der Waals surface area (Å²) in [7, 11) is 2.07. The largest absolute Gasteiger partial charge is 0.391 e. The molecule has 7 heteroatoms. The number of nitrogens with zero attached hydrogens (tertiary/aromatic N) is 4. The summed E-state index contributed by atoms with van der Waals surface area (Å²) in [4.78, 5) is 24.8. The lowest BCUT2D eigenvalue weighted by Gasteiger charge is -2.32. The molecule has 6 nitrogen and oxygen atoms in total. The van der Waals surface area contributed by atoms with E-state index in [1.54, 1.807) is 23.2 Å². The maximum Gasteiger partial charge on any atom is 0.261 e. The number of pyridine rings is 1. The van der Waals surface area contributed by atoms with E-state index in [4.69, 9.17) is 16.6 Å². The van der Waals surface area contributed by atoms with Crippen molar-refractivity contribution in [2.24, 2.45) is 0 Å². The molecule has 2 atom stereocenters. The van der Waals surface area contributed by atoms with Gasteiger partial charge >= 0.3 is 0 Å². The number of aromatic nitrogens is 3. The first-order chi connectivity index (χ1) is 15.0. The zero-order valence-electron chi connectivity index (χ0n) is 17.7. The van der Waals surface area contributed by atoms with Crippen molar-refractivity contribution in [2.75, 3.05) is 18.5 Å². The van der Waals surface area contributed by atoms with Gasteiger partial charge in [-0.1, -0.05) is 30.5 Å². The van der Waals surface area contributed by atoms with Crippen LogP contribution in [0.5, 0.6) is 0 Å². The van der Waals surface area contributed by atoms with Crippen LogP contribution < -0.4 is 10.5 Å². The van der Waals surface area contributed by atoms with E-state index in [1.807, 2.05) is 12.1 Å². The molecular weight excluding hydrogens is 412 g/mol. The van der Waals surface area contributed by atoms with Gasteiger partial charge in [-0.2, -0.15) is 0 Å². The molecule has 2 aliphatic rings. The Kier molecular flexibility index (Phi) is 5.44. The van der Waals surface area contributed by atoms with E-state index in [1.165, 1.54) is 5.56 Å². The van der Waals surface area contributed by atoms with Gasteiger partial charge in [0.2, 0.25) is 0 Å². The van der Waals surface area contributed by atoms with Crippen LogP contribution in [0.3, 0.4) is 0 Å². The van der Waals surface area contributed by atoms with Crippen LogP contribution in [-0.4, -0.2) is 39.3 Å². The first-order valence-corrected chi connectivity index (χ1v) is 11.5. The molecule has 1 saturated carbocycles. The van der Waals surface area contributed by atoms with Gasteiger partial charge in [0.25, 0.3) is 5.56 Å². The predicted octanol–water partition coefficient (Wildman–Crippen LogP) is 3.89. The smallest absolute Gasteiger partial charge is 0.261 e. The molecule has 0 amide bonds. The van der Waals surface area contributed by atoms with Gasteiger partial charge in [0, 0.05) is 19.8 Å². The fourth-order valence-electron chi connectivity index (χ4n) is 5.19.